The Hall–Kier alpha value is -1.26. The van der Waals surface area contributed by atoms with E-state index in [0.29, 0.717) is 12.9 Å². The van der Waals surface area contributed by atoms with Crippen molar-refractivity contribution >= 4 is 0 Å². The first-order valence-corrected chi connectivity index (χ1v) is 8.52. The van der Waals surface area contributed by atoms with Gasteiger partial charge in [-0.3, -0.25) is 4.90 Å². The average Bonchev–Trinajstić information content (AvgIpc) is 3.16. The molecule has 1 aromatic rings. The Morgan fingerprint density at radius 3 is 2.86 bits per heavy atom. The van der Waals surface area contributed by atoms with E-state index in [-0.39, 0.29) is 5.54 Å². The topological polar surface area (TPSA) is 30.9 Å². The van der Waals surface area contributed by atoms with Crippen molar-refractivity contribution in [2.24, 2.45) is 5.92 Å². The monoisotopic (exact) mass is 301 g/mol. The van der Waals surface area contributed by atoms with Crippen LogP contribution < -0.4 is 9.47 Å². The zero-order valence-corrected chi connectivity index (χ0v) is 13.1. The van der Waals surface area contributed by atoms with Gasteiger partial charge >= 0.3 is 0 Å². The van der Waals surface area contributed by atoms with Gasteiger partial charge in [0, 0.05) is 13.7 Å². The summed E-state index contributed by atoms with van der Waals surface area (Å²) < 4.78 is 17.0. The molecule has 5 rings (SSSR count). The molecular weight excluding hydrogens is 278 g/mol. The molecule has 1 saturated carbocycles. The molecule has 0 N–H and O–H groups in total. The summed E-state index contributed by atoms with van der Waals surface area (Å²) in [5, 5.41) is 0. The van der Waals surface area contributed by atoms with Crippen LogP contribution in [-0.2, 0) is 16.7 Å². The molecule has 4 heteroatoms. The third-order valence-electron chi connectivity index (χ3n) is 6.41. The number of hydrogen-bond donors (Lipinski definition) is 0. The number of methoxy groups -OCH3 is 1. The van der Waals surface area contributed by atoms with E-state index >= 15 is 0 Å². The van der Waals surface area contributed by atoms with Gasteiger partial charge in [0.2, 0.25) is 6.79 Å². The zero-order chi connectivity index (χ0) is 14.7. The molecule has 1 saturated heterocycles. The zero-order valence-electron chi connectivity index (χ0n) is 13.1. The van der Waals surface area contributed by atoms with E-state index < -0.39 is 0 Å². The summed E-state index contributed by atoms with van der Waals surface area (Å²) >= 11 is 0. The molecule has 3 atom stereocenters. The Morgan fingerprint density at radius 2 is 2.00 bits per heavy atom. The fourth-order valence-electron chi connectivity index (χ4n) is 5.39. The van der Waals surface area contributed by atoms with E-state index in [1.165, 1.54) is 43.5 Å². The molecule has 1 aliphatic carbocycles. The summed E-state index contributed by atoms with van der Waals surface area (Å²) in [5.74, 6) is 2.62. The van der Waals surface area contributed by atoms with Crippen LogP contribution in [0, 0.1) is 5.92 Å². The lowest BCUT2D eigenvalue weighted by molar-refractivity contribution is -0.0341. The largest absolute Gasteiger partial charge is 0.454 e. The van der Waals surface area contributed by atoms with Crippen LogP contribution in [0.4, 0.5) is 0 Å². The molecule has 118 valence electrons. The molecule has 0 unspecified atom stereocenters. The van der Waals surface area contributed by atoms with Gasteiger partial charge in [-0.05, 0) is 67.8 Å². The maximum Gasteiger partial charge on any atom is 0.231 e. The first-order chi connectivity index (χ1) is 10.8. The van der Waals surface area contributed by atoms with E-state index in [2.05, 4.69) is 17.0 Å². The second-order valence-electron chi connectivity index (χ2n) is 7.15. The van der Waals surface area contributed by atoms with Gasteiger partial charge in [-0.25, -0.2) is 0 Å². The van der Waals surface area contributed by atoms with Crippen LogP contribution >= 0.6 is 0 Å². The van der Waals surface area contributed by atoms with Crippen molar-refractivity contribution in [1.82, 2.24) is 4.90 Å². The standard InChI is InChI=1S/C18H23NO3/c1-20-14-3-2-13-5-7-19-6-4-12-8-16-17(22-11-21-16)9-15(12)18(13,19)10-14/h8-9,13-14H,2-7,10-11H2,1H3/t13-,14-,18-/m0/s1. The summed E-state index contributed by atoms with van der Waals surface area (Å²) in [4.78, 5) is 2.73. The van der Waals surface area contributed by atoms with Gasteiger partial charge < -0.3 is 14.2 Å². The fraction of sp³-hybridized carbons (Fsp3) is 0.667. The third kappa shape index (κ3) is 1.60. The molecule has 22 heavy (non-hydrogen) atoms. The van der Waals surface area contributed by atoms with Gasteiger partial charge in [-0.2, -0.15) is 0 Å². The molecular formula is C18H23NO3. The minimum atomic E-state index is 0.174. The maximum atomic E-state index is 5.77. The lowest BCUT2D eigenvalue weighted by Gasteiger charge is -2.51. The van der Waals surface area contributed by atoms with Gasteiger partial charge in [-0.1, -0.05) is 0 Å². The Balaban J connectivity index is 1.67. The summed E-state index contributed by atoms with van der Waals surface area (Å²) in [6.07, 6.45) is 6.44. The minimum Gasteiger partial charge on any atom is -0.454 e. The normalized spacial score (nSPS) is 35.9. The van der Waals surface area contributed by atoms with Crippen LogP contribution in [0.1, 0.15) is 36.8 Å². The van der Waals surface area contributed by atoms with Gasteiger partial charge in [0.25, 0.3) is 0 Å². The Morgan fingerprint density at radius 1 is 1.14 bits per heavy atom. The van der Waals surface area contributed by atoms with Crippen molar-refractivity contribution in [3.63, 3.8) is 0 Å². The fourth-order valence-corrected chi connectivity index (χ4v) is 5.39. The molecule has 4 aliphatic rings. The first-order valence-electron chi connectivity index (χ1n) is 8.52. The second kappa shape index (κ2) is 4.62. The van der Waals surface area contributed by atoms with Crippen molar-refractivity contribution < 1.29 is 14.2 Å². The smallest absolute Gasteiger partial charge is 0.231 e. The number of benzene rings is 1. The van der Waals surface area contributed by atoms with E-state index in [1.54, 1.807) is 0 Å². The highest BCUT2D eigenvalue weighted by Crippen LogP contribution is 2.56. The number of hydrogen-bond acceptors (Lipinski definition) is 4. The molecule has 1 spiro atoms. The predicted molar refractivity (Wildman–Crippen MR) is 82.3 cm³/mol. The number of nitrogens with zero attached hydrogens (tertiary/aromatic N) is 1. The van der Waals surface area contributed by atoms with E-state index in [9.17, 15) is 0 Å². The molecule has 2 fully saturated rings. The molecule has 3 heterocycles. The Bertz CT molecular complexity index is 617. The Labute approximate surface area is 131 Å². The molecule has 0 aromatic heterocycles. The van der Waals surface area contributed by atoms with Crippen LogP contribution in [0.5, 0.6) is 11.5 Å². The van der Waals surface area contributed by atoms with Crippen molar-refractivity contribution in [3.8, 4) is 11.5 Å². The van der Waals surface area contributed by atoms with Crippen LogP contribution in [0.15, 0.2) is 12.1 Å². The summed E-state index contributed by atoms with van der Waals surface area (Å²) in [7, 11) is 1.87. The highest BCUT2D eigenvalue weighted by molar-refractivity contribution is 5.53. The van der Waals surface area contributed by atoms with Crippen LogP contribution in [-0.4, -0.2) is 38.0 Å². The van der Waals surface area contributed by atoms with Gasteiger partial charge in [0.15, 0.2) is 11.5 Å². The molecule has 1 aromatic carbocycles. The SMILES string of the molecule is CO[C@H]1CC[C@H]2CCN3CCc4cc5c(cc4[C@]23C1)OCO5. The number of rotatable bonds is 1. The molecule has 0 amide bonds. The number of ether oxygens (including phenoxy) is 3. The van der Waals surface area contributed by atoms with Crippen LogP contribution in [0.3, 0.4) is 0 Å². The maximum absolute atomic E-state index is 5.77. The van der Waals surface area contributed by atoms with E-state index in [1.807, 2.05) is 7.11 Å². The summed E-state index contributed by atoms with van der Waals surface area (Å²) in [6, 6.07) is 4.51. The van der Waals surface area contributed by atoms with Gasteiger partial charge in [-0.15, -0.1) is 0 Å². The van der Waals surface area contributed by atoms with Crippen molar-refractivity contribution in [3.05, 3.63) is 23.3 Å². The Kier molecular flexibility index (Phi) is 2.77. The van der Waals surface area contributed by atoms with E-state index in [4.69, 9.17) is 14.2 Å². The van der Waals surface area contributed by atoms with Crippen LogP contribution in [0.2, 0.25) is 0 Å². The van der Waals surface area contributed by atoms with Crippen molar-refractivity contribution in [2.75, 3.05) is 27.0 Å². The van der Waals surface area contributed by atoms with Crippen molar-refractivity contribution in [2.45, 2.75) is 43.7 Å². The van der Waals surface area contributed by atoms with Crippen molar-refractivity contribution in [1.29, 1.82) is 0 Å². The highest BCUT2D eigenvalue weighted by atomic mass is 16.7. The minimum absolute atomic E-state index is 0.174. The molecule has 0 bridgehead atoms. The van der Waals surface area contributed by atoms with Gasteiger partial charge in [0.05, 0.1) is 11.6 Å². The average molecular weight is 301 g/mol. The lowest BCUT2D eigenvalue weighted by atomic mass is 9.66. The lowest BCUT2D eigenvalue weighted by Crippen LogP contribution is -2.53. The quantitative estimate of drug-likeness (QED) is 0.798. The predicted octanol–water partition coefficient (Wildman–Crippen LogP) is 2.69. The first kappa shape index (κ1) is 13.2. The molecule has 3 aliphatic heterocycles. The summed E-state index contributed by atoms with van der Waals surface area (Å²) in [5.41, 5.74) is 3.13. The van der Waals surface area contributed by atoms with E-state index in [0.717, 1.165) is 30.3 Å². The van der Waals surface area contributed by atoms with Crippen LogP contribution in [0.25, 0.3) is 0 Å². The third-order valence-corrected chi connectivity index (χ3v) is 6.41. The van der Waals surface area contributed by atoms with Gasteiger partial charge in [0.1, 0.15) is 0 Å². The molecule has 0 radical (unpaired) electrons. The second-order valence-corrected chi connectivity index (χ2v) is 7.15. The molecule has 4 nitrogen and oxygen atoms in total. The summed E-state index contributed by atoms with van der Waals surface area (Å²) in [6.45, 7) is 2.76. The number of fused-ring (bicyclic) bond motifs is 2. The highest BCUT2D eigenvalue weighted by Gasteiger charge is 2.55.